The highest BCUT2D eigenvalue weighted by molar-refractivity contribution is 7.08. The second kappa shape index (κ2) is 6.06. The summed E-state index contributed by atoms with van der Waals surface area (Å²) >= 11 is 1.51. The molecule has 0 fully saturated rings. The van der Waals surface area contributed by atoms with Crippen LogP contribution < -0.4 is 10.6 Å². The van der Waals surface area contributed by atoms with Crippen molar-refractivity contribution in [1.82, 2.24) is 20.4 Å². The summed E-state index contributed by atoms with van der Waals surface area (Å²) in [6.07, 6.45) is 1.68. The van der Waals surface area contributed by atoms with E-state index in [2.05, 4.69) is 15.7 Å². The van der Waals surface area contributed by atoms with Gasteiger partial charge in [0.15, 0.2) is 0 Å². The molecule has 108 valence electrons. The molecule has 0 saturated heterocycles. The van der Waals surface area contributed by atoms with Gasteiger partial charge in [0.25, 0.3) is 0 Å². The van der Waals surface area contributed by atoms with Crippen LogP contribution in [0, 0.1) is 0 Å². The quantitative estimate of drug-likeness (QED) is 0.775. The molecule has 0 aliphatic heterocycles. The zero-order valence-electron chi connectivity index (χ0n) is 11.5. The number of thiophene rings is 1. The van der Waals surface area contributed by atoms with Gasteiger partial charge in [0.1, 0.15) is 5.60 Å². The molecule has 0 radical (unpaired) electrons. The summed E-state index contributed by atoms with van der Waals surface area (Å²) in [5.41, 5.74) is 0.642. The summed E-state index contributed by atoms with van der Waals surface area (Å²) in [5.74, 6) is 0. The zero-order valence-corrected chi connectivity index (χ0v) is 12.3. The van der Waals surface area contributed by atoms with Crippen LogP contribution in [0.25, 0.3) is 0 Å². The van der Waals surface area contributed by atoms with Gasteiger partial charge >= 0.3 is 6.03 Å². The monoisotopic (exact) mass is 294 g/mol. The van der Waals surface area contributed by atoms with Gasteiger partial charge in [0.2, 0.25) is 0 Å². The molecule has 6 nitrogen and oxygen atoms in total. The van der Waals surface area contributed by atoms with Crippen LogP contribution in [0.1, 0.15) is 18.2 Å². The predicted octanol–water partition coefficient (Wildman–Crippen LogP) is 1.19. The molecule has 1 atom stereocenters. The van der Waals surface area contributed by atoms with Gasteiger partial charge < -0.3 is 15.7 Å². The average Bonchev–Trinajstić information content (AvgIpc) is 3.05. The lowest BCUT2D eigenvalue weighted by Gasteiger charge is -2.22. The maximum Gasteiger partial charge on any atom is 0.315 e. The van der Waals surface area contributed by atoms with Crippen molar-refractivity contribution in [3.63, 3.8) is 0 Å². The molecular formula is C13H18N4O2S. The van der Waals surface area contributed by atoms with E-state index in [0.717, 1.165) is 11.3 Å². The maximum absolute atomic E-state index is 11.7. The third-order valence-corrected chi connectivity index (χ3v) is 3.77. The lowest BCUT2D eigenvalue weighted by molar-refractivity contribution is 0.0598. The van der Waals surface area contributed by atoms with Crippen molar-refractivity contribution in [2.75, 3.05) is 6.54 Å². The highest BCUT2D eigenvalue weighted by Gasteiger charge is 2.24. The number of hydrogen-bond donors (Lipinski definition) is 3. The second-order valence-corrected chi connectivity index (χ2v) is 5.55. The lowest BCUT2D eigenvalue weighted by Crippen LogP contribution is -2.43. The average molecular weight is 294 g/mol. The topological polar surface area (TPSA) is 79.2 Å². The van der Waals surface area contributed by atoms with Crippen molar-refractivity contribution in [2.24, 2.45) is 7.05 Å². The van der Waals surface area contributed by atoms with Gasteiger partial charge in [0, 0.05) is 13.2 Å². The van der Waals surface area contributed by atoms with Gasteiger partial charge in [-0.3, -0.25) is 4.68 Å². The number of nitrogens with zero attached hydrogens (tertiary/aromatic N) is 2. The third kappa shape index (κ3) is 3.58. The van der Waals surface area contributed by atoms with E-state index in [1.807, 2.05) is 29.9 Å². The van der Waals surface area contributed by atoms with Crippen LogP contribution in [0.4, 0.5) is 4.79 Å². The van der Waals surface area contributed by atoms with Crippen LogP contribution in [0.5, 0.6) is 0 Å². The molecule has 1 unspecified atom stereocenters. The van der Waals surface area contributed by atoms with Crippen molar-refractivity contribution >= 4 is 17.4 Å². The second-order valence-electron chi connectivity index (χ2n) is 4.77. The Kier molecular flexibility index (Phi) is 4.41. The first-order valence-corrected chi connectivity index (χ1v) is 7.17. The zero-order chi connectivity index (χ0) is 14.6. The van der Waals surface area contributed by atoms with Crippen molar-refractivity contribution in [3.05, 3.63) is 40.3 Å². The van der Waals surface area contributed by atoms with Crippen LogP contribution in [-0.2, 0) is 19.2 Å². The molecule has 2 aromatic rings. The minimum atomic E-state index is -1.07. The van der Waals surface area contributed by atoms with E-state index in [9.17, 15) is 9.90 Å². The summed E-state index contributed by atoms with van der Waals surface area (Å²) < 4.78 is 1.70. The summed E-state index contributed by atoms with van der Waals surface area (Å²) in [5, 5.41) is 23.4. The fraction of sp³-hybridized carbons (Fsp3) is 0.385. The number of rotatable bonds is 5. The van der Waals surface area contributed by atoms with Crippen LogP contribution in [-0.4, -0.2) is 27.5 Å². The number of aryl methyl sites for hydroxylation is 1. The standard InChI is InChI=1S/C13H18N4O2S/c1-13(19,10-4-6-20-8-10)9-15-12(18)14-7-11-3-5-16-17(11)2/h3-6,8,19H,7,9H2,1-2H3,(H2,14,15,18). The summed E-state index contributed by atoms with van der Waals surface area (Å²) in [6.45, 7) is 2.22. The van der Waals surface area contributed by atoms with E-state index in [1.165, 1.54) is 11.3 Å². The minimum absolute atomic E-state index is 0.154. The molecular weight excluding hydrogens is 276 g/mol. The third-order valence-electron chi connectivity index (χ3n) is 3.09. The Bertz CT molecular complexity index is 563. The number of aromatic nitrogens is 2. The number of amides is 2. The van der Waals surface area contributed by atoms with Crippen LogP contribution in [0.2, 0.25) is 0 Å². The molecule has 0 aliphatic carbocycles. The number of aliphatic hydroxyl groups is 1. The largest absolute Gasteiger partial charge is 0.384 e. The molecule has 3 N–H and O–H groups in total. The Labute approximate surface area is 121 Å². The normalized spacial score (nSPS) is 13.8. The molecule has 2 amide bonds. The fourth-order valence-corrected chi connectivity index (χ4v) is 2.52. The Hall–Kier alpha value is -1.86. The maximum atomic E-state index is 11.7. The van der Waals surface area contributed by atoms with Gasteiger partial charge in [-0.15, -0.1) is 0 Å². The molecule has 0 spiro atoms. The van der Waals surface area contributed by atoms with Crippen molar-refractivity contribution in [2.45, 2.75) is 19.1 Å². The molecule has 0 aromatic carbocycles. The van der Waals surface area contributed by atoms with Crippen molar-refractivity contribution in [3.8, 4) is 0 Å². The van der Waals surface area contributed by atoms with E-state index in [0.29, 0.717) is 6.54 Å². The molecule has 2 aromatic heterocycles. The first-order chi connectivity index (χ1) is 9.49. The van der Waals surface area contributed by atoms with E-state index >= 15 is 0 Å². The fourth-order valence-electron chi connectivity index (χ4n) is 1.73. The van der Waals surface area contributed by atoms with E-state index in [1.54, 1.807) is 17.8 Å². The summed E-state index contributed by atoms with van der Waals surface area (Å²) in [6, 6.07) is 3.36. The smallest absolute Gasteiger partial charge is 0.315 e. The summed E-state index contributed by atoms with van der Waals surface area (Å²) in [7, 11) is 1.82. The van der Waals surface area contributed by atoms with Gasteiger partial charge in [-0.05, 0) is 35.4 Å². The SMILES string of the molecule is Cn1nccc1CNC(=O)NCC(C)(O)c1ccsc1. The molecule has 0 saturated carbocycles. The number of urea groups is 1. The number of hydrogen-bond acceptors (Lipinski definition) is 4. The highest BCUT2D eigenvalue weighted by Crippen LogP contribution is 2.21. The number of carbonyl (C=O) groups is 1. The molecule has 7 heteroatoms. The Morgan fingerprint density at radius 2 is 2.30 bits per heavy atom. The van der Waals surface area contributed by atoms with Crippen molar-refractivity contribution in [1.29, 1.82) is 0 Å². The number of nitrogens with one attached hydrogen (secondary N) is 2. The van der Waals surface area contributed by atoms with Gasteiger partial charge in [0.05, 0.1) is 18.8 Å². The molecule has 0 aliphatic rings. The van der Waals surface area contributed by atoms with E-state index < -0.39 is 5.60 Å². The molecule has 2 heterocycles. The molecule has 20 heavy (non-hydrogen) atoms. The first-order valence-electron chi connectivity index (χ1n) is 6.23. The van der Waals surface area contributed by atoms with Gasteiger partial charge in [-0.25, -0.2) is 4.79 Å². The van der Waals surface area contributed by atoms with Crippen molar-refractivity contribution < 1.29 is 9.90 Å². The number of carbonyl (C=O) groups excluding carboxylic acids is 1. The lowest BCUT2D eigenvalue weighted by atomic mass is 9.99. The Morgan fingerprint density at radius 3 is 2.90 bits per heavy atom. The van der Waals surface area contributed by atoms with E-state index in [4.69, 9.17) is 0 Å². The first kappa shape index (κ1) is 14.5. The van der Waals surface area contributed by atoms with Crippen LogP contribution >= 0.6 is 11.3 Å². The molecule has 2 rings (SSSR count). The summed E-state index contributed by atoms with van der Waals surface area (Å²) in [4.78, 5) is 11.7. The van der Waals surface area contributed by atoms with Gasteiger partial charge in [-0.1, -0.05) is 0 Å². The minimum Gasteiger partial charge on any atom is -0.384 e. The van der Waals surface area contributed by atoms with Gasteiger partial charge in [-0.2, -0.15) is 16.4 Å². The molecule has 0 bridgehead atoms. The Morgan fingerprint density at radius 1 is 1.50 bits per heavy atom. The predicted molar refractivity (Wildman–Crippen MR) is 77.3 cm³/mol. The highest BCUT2D eigenvalue weighted by atomic mass is 32.1. The Balaban J connectivity index is 1.79. The van der Waals surface area contributed by atoms with Crippen LogP contribution in [0.15, 0.2) is 29.1 Å². The van der Waals surface area contributed by atoms with E-state index in [-0.39, 0.29) is 12.6 Å². The van der Waals surface area contributed by atoms with Crippen LogP contribution in [0.3, 0.4) is 0 Å².